The van der Waals surface area contributed by atoms with Crippen LogP contribution in [0.1, 0.15) is 31.2 Å². The van der Waals surface area contributed by atoms with Crippen LogP contribution in [0.2, 0.25) is 5.02 Å². The van der Waals surface area contributed by atoms with Crippen molar-refractivity contribution in [2.45, 2.75) is 43.6 Å². The van der Waals surface area contributed by atoms with Gasteiger partial charge in [-0.25, -0.2) is 4.39 Å². The number of carbonyl (C=O) groups excluding carboxylic acids is 1. The molecule has 0 spiro atoms. The van der Waals surface area contributed by atoms with Crippen LogP contribution in [0.15, 0.2) is 18.2 Å². The average Bonchev–Trinajstić information content (AvgIpc) is 2.39. The first-order chi connectivity index (χ1) is 10.1. The Morgan fingerprint density at radius 2 is 2.14 bits per heavy atom. The van der Waals surface area contributed by atoms with Crippen LogP contribution in [-0.4, -0.2) is 23.5 Å². The lowest BCUT2D eigenvalue weighted by molar-refractivity contribution is -0.306. The van der Waals surface area contributed by atoms with E-state index in [1.165, 1.54) is 6.07 Å². The molecule has 0 saturated heterocycles. The number of hydrogen-bond donors (Lipinski definition) is 1. The van der Waals surface area contributed by atoms with E-state index in [-0.39, 0.29) is 11.4 Å². The van der Waals surface area contributed by atoms with Gasteiger partial charge in [0.1, 0.15) is 5.82 Å². The summed E-state index contributed by atoms with van der Waals surface area (Å²) in [6, 6.07) is 3.59. The SMILES string of the molecule is O=C(CCC1(c2cc(F)ccc2Cl)CCC1O)OC(F)(F)F. The Kier molecular flexibility index (Phi) is 4.67. The molecule has 0 heterocycles. The molecule has 1 saturated carbocycles. The van der Waals surface area contributed by atoms with Crippen molar-refractivity contribution >= 4 is 17.6 Å². The minimum absolute atomic E-state index is 0.105. The third-order valence-corrected chi connectivity index (χ3v) is 4.30. The van der Waals surface area contributed by atoms with Crippen molar-refractivity contribution < 1.29 is 32.2 Å². The third kappa shape index (κ3) is 3.52. The predicted octanol–water partition coefficient (Wildman–Crippen LogP) is 3.71. The fourth-order valence-corrected chi connectivity index (χ4v) is 3.05. The Morgan fingerprint density at radius 1 is 1.45 bits per heavy atom. The molecule has 1 aromatic carbocycles. The summed E-state index contributed by atoms with van der Waals surface area (Å²) in [4.78, 5) is 11.2. The van der Waals surface area contributed by atoms with E-state index in [1.807, 2.05) is 0 Å². The van der Waals surface area contributed by atoms with Crippen molar-refractivity contribution in [3.63, 3.8) is 0 Å². The second kappa shape index (κ2) is 6.04. The van der Waals surface area contributed by atoms with Crippen molar-refractivity contribution in [3.8, 4) is 0 Å². The molecule has 1 fully saturated rings. The normalized spacial score (nSPS) is 24.7. The molecule has 2 atom stereocenters. The fourth-order valence-electron chi connectivity index (χ4n) is 2.75. The van der Waals surface area contributed by atoms with Gasteiger partial charge in [0.25, 0.3) is 0 Å². The monoisotopic (exact) mass is 340 g/mol. The van der Waals surface area contributed by atoms with E-state index < -0.39 is 36.1 Å². The van der Waals surface area contributed by atoms with Crippen molar-refractivity contribution in [1.82, 2.24) is 0 Å². The minimum Gasteiger partial charge on any atom is -0.392 e. The smallest absolute Gasteiger partial charge is 0.392 e. The Balaban J connectivity index is 2.16. The zero-order valence-electron chi connectivity index (χ0n) is 11.3. The molecule has 2 unspecified atom stereocenters. The number of ether oxygens (including phenoxy) is 1. The molecule has 1 aliphatic rings. The summed E-state index contributed by atoms with van der Waals surface area (Å²) >= 11 is 6.01. The maximum atomic E-state index is 13.4. The van der Waals surface area contributed by atoms with Gasteiger partial charge in [-0.2, -0.15) is 0 Å². The highest BCUT2D eigenvalue weighted by molar-refractivity contribution is 6.31. The van der Waals surface area contributed by atoms with Gasteiger partial charge in [-0.3, -0.25) is 4.79 Å². The first-order valence-corrected chi connectivity index (χ1v) is 6.94. The molecule has 2 rings (SSSR count). The molecule has 0 radical (unpaired) electrons. The number of aliphatic hydroxyl groups excluding tert-OH is 1. The van der Waals surface area contributed by atoms with E-state index in [2.05, 4.69) is 4.74 Å². The van der Waals surface area contributed by atoms with Crippen molar-refractivity contribution in [1.29, 1.82) is 0 Å². The van der Waals surface area contributed by atoms with E-state index >= 15 is 0 Å². The van der Waals surface area contributed by atoms with Crippen molar-refractivity contribution in [2.75, 3.05) is 0 Å². The molecule has 1 aromatic rings. The summed E-state index contributed by atoms with van der Waals surface area (Å²) in [7, 11) is 0. The van der Waals surface area contributed by atoms with Gasteiger partial charge in [-0.15, -0.1) is 13.2 Å². The zero-order chi connectivity index (χ0) is 16.5. The van der Waals surface area contributed by atoms with Crippen molar-refractivity contribution in [2.24, 2.45) is 0 Å². The van der Waals surface area contributed by atoms with Gasteiger partial charge in [0, 0.05) is 16.9 Å². The second-order valence-corrected chi connectivity index (χ2v) is 5.66. The van der Waals surface area contributed by atoms with Gasteiger partial charge < -0.3 is 9.84 Å². The quantitative estimate of drug-likeness (QED) is 0.671. The van der Waals surface area contributed by atoms with Gasteiger partial charge in [0.2, 0.25) is 0 Å². The highest BCUT2D eigenvalue weighted by atomic mass is 35.5. The fraction of sp³-hybridized carbons (Fsp3) is 0.500. The van der Waals surface area contributed by atoms with E-state index in [9.17, 15) is 27.5 Å². The van der Waals surface area contributed by atoms with Crippen LogP contribution in [0.5, 0.6) is 0 Å². The van der Waals surface area contributed by atoms with Gasteiger partial charge >= 0.3 is 12.3 Å². The number of halogens is 5. The van der Waals surface area contributed by atoms with Crippen molar-refractivity contribution in [3.05, 3.63) is 34.6 Å². The van der Waals surface area contributed by atoms with E-state index in [1.54, 1.807) is 0 Å². The molecule has 0 bridgehead atoms. The molecule has 1 N–H and O–H groups in total. The first kappa shape index (κ1) is 17.0. The lowest BCUT2D eigenvalue weighted by Crippen LogP contribution is -2.49. The van der Waals surface area contributed by atoms with E-state index in [4.69, 9.17) is 11.6 Å². The number of esters is 1. The summed E-state index contributed by atoms with van der Waals surface area (Å²) < 4.78 is 52.6. The molecule has 8 heteroatoms. The summed E-state index contributed by atoms with van der Waals surface area (Å²) in [6.45, 7) is 0. The van der Waals surface area contributed by atoms with E-state index in [0.717, 1.165) is 12.1 Å². The first-order valence-electron chi connectivity index (χ1n) is 6.56. The molecule has 122 valence electrons. The maximum absolute atomic E-state index is 13.4. The molecule has 22 heavy (non-hydrogen) atoms. The highest BCUT2D eigenvalue weighted by Gasteiger charge is 2.48. The number of rotatable bonds is 4. The lowest BCUT2D eigenvalue weighted by atomic mass is 9.60. The standard InChI is InChI=1S/C14H13ClF4O3/c15-10-2-1-8(16)7-9(10)13(5-3-11(13)20)6-4-12(21)22-14(17,18)19/h1-2,7,11,20H,3-6H2. The van der Waals surface area contributed by atoms with Crippen LogP contribution < -0.4 is 0 Å². The lowest BCUT2D eigenvalue weighted by Gasteiger charge is -2.47. The molecule has 0 amide bonds. The second-order valence-electron chi connectivity index (χ2n) is 5.25. The molecule has 1 aliphatic carbocycles. The van der Waals surface area contributed by atoms with Gasteiger partial charge in [-0.05, 0) is 43.0 Å². The molecular formula is C14H13ClF4O3. The number of aliphatic hydroxyl groups is 1. The highest BCUT2D eigenvalue weighted by Crippen LogP contribution is 2.49. The number of benzene rings is 1. The topological polar surface area (TPSA) is 46.5 Å². The summed E-state index contributed by atoms with van der Waals surface area (Å²) in [5.74, 6) is -2.02. The van der Waals surface area contributed by atoms with Crippen LogP contribution in [0.4, 0.5) is 17.6 Å². The van der Waals surface area contributed by atoms with E-state index in [0.29, 0.717) is 18.4 Å². The third-order valence-electron chi connectivity index (χ3n) is 3.97. The molecule has 3 nitrogen and oxygen atoms in total. The number of alkyl halides is 3. The largest absolute Gasteiger partial charge is 0.575 e. The Morgan fingerprint density at radius 3 is 2.64 bits per heavy atom. The number of carbonyl (C=O) groups is 1. The Hall–Kier alpha value is -1.34. The van der Waals surface area contributed by atoms with Crippen LogP contribution in [0, 0.1) is 5.82 Å². The Labute approximate surface area is 128 Å². The van der Waals surface area contributed by atoms with Gasteiger partial charge in [-0.1, -0.05) is 11.6 Å². The molecule has 0 aromatic heterocycles. The van der Waals surface area contributed by atoms with Crippen LogP contribution in [-0.2, 0) is 14.9 Å². The van der Waals surface area contributed by atoms with Gasteiger partial charge in [0.15, 0.2) is 0 Å². The predicted molar refractivity (Wildman–Crippen MR) is 69.7 cm³/mol. The minimum atomic E-state index is -5.04. The van der Waals surface area contributed by atoms with Gasteiger partial charge in [0.05, 0.1) is 6.10 Å². The van der Waals surface area contributed by atoms with Crippen LogP contribution in [0.25, 0.3) is 0 Å². The Bertz CT molecular complexity index is 576. The average molecular weight is 341 g/mol. The molecule has 0 aliphatic heterocycles. The maximum Gasteiger partial charge on any atom is 0.575 e. The van der Waals surface area contributed by atoms with Crippen LogP contribution >= 0.6 is 11.6 Å². The molecular weight excluding hydrogens is 328 g/mol. The zero-order valence-corrected chi connectivity index (χ0v) is 12.0. The summed E-state index contributed by atoms with van der Waals surface area (Å²) in [6.07, 6.45) is -5.79. The van der Waals surface area contributed by atoms with Crippen LogP contribution in [0.3, 0.4) is 0 Å². The summed E-state index contributed by atoms with van der Waals surface area (Å²) in [5.41, 5.74) is -0.725. The summed E-state index contributed by atoms with van der Waals surface area (Å²) in [5, 5.41) is 10.2. The number of hydrogen-bond acceptors (Lipinski definition) is 3.